The number of benzene rings is 2. The van der Waals surface area contributed by atoms with Gasteiger partial charge in [0.05, 0.1) is 13.3 Å². The Balaban J connectivity index is 2.07. The van der Waals surface area contributed by atoms with Crippen LogP contribution in [0.15, 0.2) is 47.6 Å². The van der Waals surface area contributed by atoms with Crippen LogP contribution >= 0.6 is 22.6 Å². The summed E-state index contributed by atoms with van der Waals surface area (Å²) in [6.07, 6.45) is 1.69. The second-order valence-electron chi connectivity index (χ2n) is 5.02. The fraction of sp³-hybridized carbons (Fsp3) is 0.278. The number of halogens is 1. The topological polar surface area (TPSA) is 42.8 Å². The summed E-state index contributed by atoms with van der Waals surface area (Å²) in [4.78, 5) is 5.52. The van der Waals surface area contributed by atoms with E-state index in [0.717, 1.165) is 22.6 Å². The van der Waals surface area contributed by atoms with Crippen LogP contribution in [-0.2, 0) is 11.4 Å². The maximum Gasteiger partial charge on any atom is 0.144 e. The number of nitrogens with zero attached hydrogens (tertiary/aromatic N) is 1. The molecule has 1 N–H and O–H groups in total. The zero-order chi connectivity index (χ0) is 16.7. The van der Waals surface area contributed by atoms with Crippen molar-refractivity contribution >= 4 is 34.5 Å². The third-order valence-electron chi connectivity index (χ3n) is 3.49. The SMILES string of the molecule is CNc1cccc([C@@H](C)I)c1CON=Cc1cccc(OC)c1. The van der Waals surface area contributed by atoms with Gasteiger partial charge in [-0.3, -0.25) is 0 Å². The first kappa shape index (κ1) is 17.6. The molecule has 2 aromatic rings. The summed E-state index contributed by atoms with van der Waals surface area (Å²) in [5, 5.41) is 7.29. The van der Waals surface area contributed by atoms with Gasteiger partial charge in [-0.05, 0) is 36.2 Å². The molecule has 0 bridgehead atoms. The number of hydrogen-bond donors (Lipinski definition) is 1. The van der Waals surface area contributed by atoms with Gasteiger partial charge in [-0.15, -0.1) is 0 Å². The van der Waals surface area contributed by atoms with Crippen molar-refractivity contribution in [2.75, 3.05) is 19.5 Å². The quantitative estimate of drug-likeness (QED) is 0.301. The molecule has 0 aliphatic carbocycles. The van der Waals surface area contributed by atoms with Gasteiger partial charge >= 0.3 is 0 Å². The van der Waals surface area contributed by atoms with E-state index >= 15 is 0 Å². The summed E-state index contributed by atoms with van der Waals surface area (Å²) in [6.45, 7) is 2.60. The number of alkyl halides is 1. The van der Waals surface area contributed by atoms with Gasteiger partial charge in [0.2, 0.25) is 0 Å². The molecule has 2 aromatic carbocycles. The number of rotatable bonds is 7. The smallest absolute Gasteiger partial charge is 0.144 e. The molecule has 0 aromatic heterocycles. The highest BCUT2D eigenvalue weighted by Gasteiger charge is 2.11. The van der Waals surface area contributed by atoms with Crippen LogP contribution in [0.1, 0.15) is 27.5 Å². The van der Waals surface area contributed by atoms with Crippen molar-refractivity contribution in [3.05, 3.63) is 59.2 Å². The zero-order valence-electron chi connectivity index (χ0n) is 13.5. The van der Waals surface area contributed by atoms with Crippen LogP contribution in [0.2, 0.25) is 0 Å². The minimum absolute atomic E-state index is 0.405. The lowest BCUT2D eigenvalue weighted by molar-refractivity contribution is 0.132. The molecule has 0 unspecified atom stereocenters. The van der Waals surface area contributed by atoms with Crippen molar-refractivity contribution in [1.29, 1.82) is 0 Å². The Bertz CT molecular complexity index is 672. The molecular weight excluding hydrogens is 403 g/mol. The van der Waals surface area contributed by atoms with Gasteiger partial charge in [-0.25, -0.2) is 0 Å². The molecule has 0 fully saturated rings. The molecule has 0 aliphatic heterocycles. The maximum atomic E-state index is 5.52. The van der Waals surface area contributed by atoms with Crippen molar-refractivity contribution in [3.8, 4) is 5.75 Å². The molecule has 0 heterocycles. The minimum atomic E-state index is 0.405. The second kappa shape index (κ2) is 8.76. The number of oxime groups is 1. The molecular formula is C18H21IN2O2. The van der Waals surface area contributed by atoms with E-state index in [-0.39, 0.29) is 0 Å². The highest BCUT2D eigenvalue weighted by atomic mass is 127. The zero-order valence-corrected chi connectivity index (χ0v) is 15.7. The lowest BCUT2D eigenvalue weighted by Crippen LogP contribution is -2.02. The summed E-state index contributed by atoms with van der Waals surface area (Å²) >= 11 is 2.41. The van der Waals surface area contributed by atoms with Crippen LogP contribution in [0, 0.1) is 0 Å². The fourth-order valence-corrected chi connectivity index (χ4v) is 2.88. The summed E-state index contributed by atoms with van der Waals surface area (Å²) in [6, 6.07) is 13.9. The molecule has 2 rings (SSSR count). The van der Waals surface area contributed by atoms with E-state index in [9.17, 15) is 0 Å². The molecule has 5 heteroatoms. The summed E-state index contributed by atoms with van der Waals surface area (Å²) in [5.74, 6) is 0.801. The standard InChI is InChI=1S/C18H21IN2O2/c1-13(19)16-8-5-9-18(20-2)17(16)12-23-21-11-14-6-4-7-15(10-14)22-3/h4-11,13,20H,12H2,1-3H3/t13-/m1/s1. The predicted octanol–water partition coefficient (Wildman–Crippen LogP) is 4.78. The Hall–Kier alpha value is -1.76. The van der Waals surface area contributed by atoms with Crippen LogP contribution in [0.4, 0.5) is 5.69 Å². The molecule has 122 valence electrons. The third-order valence-corrected chi connectivity index (χ3v) is 4.16. The lowest BCUT2D eigenvalue weighted by Gasteiger charge is -2.15. The molecule has 4 nitrogen and oxygen atoms in total. The van der Waals surface area contributed by atoms with E-state index < -0.39 is 0 Å². The van der Waals surface area contributed by atoms with Gasteiger partial charge in [0.15, 0.2) is 0 Å². The monoisotopic (exact) mass is 424 g/mol. The van der Waals surface area contributed by atoms with Crippen LogP contribution < -0.4 is 10.1 Å². The van der Waals surface area contributed by atoms with Gasteiger partial charge in [0.1, 0.15) is 12.4 Å². The highest BCUT2D eigenvalue weighted by molar-refractivity contribution is 14.1. The Morgan fingerprint density at radius 1 is 1.26 bits per heavy atom. The van der Waals surface area contributed by atoms with E-state index in [1.54, 1.807) is 13.3 Å². The van der Waals surface area contributed by atoms with Crippen molar-refractivity contribution in [1.82, 2.24) is 0 Å². The maximum absolute atomic E-state index is 5.52. The molecule has 0 radical (unpaired) electrons. The first-order valence-electron chi connectivity index (χ1n) is 7.38. The predicted molar refractivity (Wildman–Crippen MR) is 104 cm³/mol. The molecule has 0 aliphatic rings. The molecule has 1 atom stereocenters. The van der Waals surface area contributed by atoms with E-state index in [2.05, 4.69) is 52.1 Å². The van der Waals surface area contributed by atoms with Gasteiger partial charge in [-0.1, -0.05) is 52.0 Å². The number of anilines is 1. The van der Waals surface area contributed by atoms with Gasteiger partial charge < -0.3 is 14.9 Å². The summed E-state index contributed by atoms with van der Waals surface area (Å²) in [5.41, 5.74) is 4.41. The first-order valence-corrected chi connectivity index (χ1v) is 8.63. The van der Waals surface area contributed by atoms with E-state index in [0.29, 0.717) is 10.5 Å². The van der Waals surface area contributed by atoms with Crippen LogP contribution in [0.3, 0.4) is 0 Å². The largest absolute Gasteiger partial charge is 0.497 e. The van der Waals surface area contributed by atoms with Crippen molar-refractivity contribution < 1.29 is 9.57 Å². The van der Waals surface area contributed by atoms with E-state index in [1.165, 1.54) is 5.56 Å². The highest BCUT2D eigenvalue weighted by Crippen LogP contribution is 2.30. The Labute approximate surface area is 151 Å². The van der Waals surface area contributed by atoms with Crippen LogP contribution in [0.5, 0.6) is 5.75 Å². The van der Waals surface area contributed by atoms with Crippen molar-refractivity contribution in [2.45, 2.75) is 17.5 Å². The average Bonchev–Trinajstić information content (AvgIpc) is 2.58. The first-order chi connectivity index (χ1) is 11.2. The average molecular weight is 424 g/mol. The Morgan fingerprint density at radius 2 is 2.04 bits per heavy atom. The lowest BCUT2D eigenvalue weighted by atomic mass is 10.0. The third kappa shape index (κ3) is 4.86. The summed E-state index contributed by atoms with van der Waals surface area (Å²) < 4.78 is 5.60. The van der Waals surface area contributed by atoms with Gasteiger partial charge in [-0.2, -0.15) is 0 Å². The van der Waals surface area contributed by atoms with E-state index in [4.69, 9.17) is 9.57 Å². The Morgan fingerprint density at radius 3 is 2.74 bits per heavy atom. The summed E-state index contributed by atoms with van der Waals surface area (Å²) in [7, 11) is 3.56. The van der Waals surface area contributed by atoms with Crippen LogP contribution in [-0.4, -0.2) is 20.4 Å². The molecule has 0 amide bonds. The van der Waals surface area contributed by atoms with E-state index in [1.807, 2.05) is 37.4 Å². The molecule has 0 spiro atoms. The van der Waals surface area contributed by atoms with Gasteiger partial charge in [0, 0.05) is 22.2 Å². The fourth-order valence-electron chi connectivity index (χ4n) is 2.29. The number of methoxy groups -OCH3 is 1. The van der Waals surface area contributed by atoms with Crippen LogP contribution in [0.25, 0.3) is 0 Å². The molecule has 0 saturated carbocycles. The van der Waals surface area contributed by atoms with Crippen molar-refractivity contribution in [2.24, 2.45) is 5.16 Å². The van der Waals surface area contributed by atoms with Gasteiger partial charge in [0.25, 0.3) is 0 Å². The minimum Gasteiger partial charge on any atom is -0.497 e. The Kier molecular flexibility index (Phi) is 6.70. The number of nitrogens with one attached hydrogen (secondary N) is 1. The molecule has 23 heavy (non-hydrogen) atoms. The number of ether oxygens (including phenoxy) is 1. The molecule has 0 saturated heterocycles. The normalized spacial score (nSPS) is 12.2. The van der Waals surface area contributed by atoms with Crippen molar-refractivity contribution in [3.63, 3.8) is 0 Å². The number of hydrogen-bond acceptors (Lipinski definition) is 4. The second-order valence-corrected chi connectivity index (χ2v) is 6.89.